The first-order valence-electron chi connectivity index (χ1n) is 10.3. The van der Waals surface area contributed by atoms with Gasteiger partial charge >= 0.3 is 6.09 Å². The van der Waals surface area contributed by atoms with E-state index >= 15 is 0 Å². The van der Waals surface area contributed by atoms with E-state index in [9.17, 15) is 19.1 Å². The van der Waals surface area contributed by atoms with Gasteiger partial charge in [0, 0.05) is 25.4 Å². The Bertz CT molecular complexity index is 846. The van der Waals surface area contributed by atoms with Gasteiger partial charge in [-0.1, -0.05) is 27.2 Å². The fraction of sp³-hybridized carbons (Fsp3) is 0.571. The molecule has 2 aromatic rings. The van der Waals surface area contributed by atoms with Gasteiger partial charge in [0.25, 0.3) is 0 Å². The maximum absolute atomic E-state index is 14.4. The maximum atomic E-state index is 14.4. The zero-order valence-electron chi connectivity index (χ0n) is 18.9. The molecule has 0 aliphatic carbocycles. The Hall–Kier alpha value is -2.88. The van der Waals surface area contributed by atoms with E-state index in [1.807, 2.05) is 20.8 Å². The lowest BCUT2D eigenvalue weighted by atomic mass is 10.0. The highest BCUT2D eigenvalue weighted by Crippen LogP contribution is 2.20. The third-order valence-corrected chi connectivity index (χ3v) is 4.03. The molecule has 0 saturated heterocycles. The second kappa shape index (κ2) is 12.1. The molecular weight excluding hydrogens is 405 g/mol. The molecule has 0 aromatic carbocycles. The van der Waals surface area contributed by atoms with Crippen LogP contribution in [0.4, 0.5) is 15.0 Å². The number of halogens is 1. The van der Waals surface area contributed by atoms with E-state index in [2.05, 4.69) is 20.4 Å². The first-order chi connectivity index (χ1) is 14.6. The van der Waals surface area contributed by atoms with Crippen LogP contribution in [0.1, 0.15) is 70.4 Å². The molecule has 0 radical (unpaired) electrons. The number of alkyl halides is 1. The van der Waals surface area contributed by atoms with Crippen molar-refractivity contribution in [3.05, 3.63) is 36.0 Å². The van der Waals surface area contributed by atoms with E-state index in [0.717, 1.165) is 4.68 Å². The average Bonchev–Trinajstić information content (AvgIpc) is 3.23. The van der Waals surface area contributed by atoms with Crippen molar-refractivity contribution >= 4 is 17.7 Å². The highest BCUT2D eigenvalue weighted by Gasteiger charge is 2.23. The first kappa shape index (κ1) is 26.2. The van der Waals surface area contributed by atoms with Gasteiger partial charge in [-0.2, -0.15) is 9.78 Å². The van der Waals surface area contributed by atoms with Crippen molar-refractivity contribution in [1.82, 2.24) is 19.7 Å². The highest BCUT2D eigenvalue weighted by atomic mass is 19.1. The summed E-state index contributed by atoms with van der Waals surface area (Å²) in [5.74, 6) is -0.767. The van der Waals surface area contributed by atoms with Crippen molar-refractivity contribution in [1.29, 1.82) is 0 Å². The summed E-state index contributed by atoms with van der Waals surface area (Å²) in [5.41, 5.74) is -0.730. The van der Waals surface area contributed by atoms with Gasteiger partial charge in [-0.15, -0.1) is 0 Å². The van der Waals surface area contributed by atoms with Crippen LogP contribution in [-0.4, -0.2) is 55.2 Å². The lowest BCUT2D eigenvalue weighted by Gasteiger charge is -2.18. The summed E-state index contributed by atoms with van der Waals surface area (Å²) in [4.78, 5) is 32.6. The lowest BCUT2D eigenvalue weighted by Crippen LogP contribution is -2.27. The van der Waals surface area contributed by atoms with Gasteiger partial charge in [0.15, 0.2) is 6.30 Å². The van der Waals surface area contributed by atoms with E-state index in [4.69, 9.17) is 4.74 Å². The normalized spacial score (nSPS) is 12.9. The minimum Gasteiger partial charge on any atom is -0.442 e. The number of nitrogens with zero attached hydrogens (tertiary/aromatic N) is 4. The van der Waals surface area contributed by atoms with Gasteiger partial charge in [0.1, 0.15) is 23.4 Å². The Morgan fingerprint density at radius 1 is 1.32 bits per heavy atom. The van der Waals surface area contributed by atoms with E-state index in [1.54, 1.807) is 20.8 Å². The number of aliphatic hydroxyl groups is 1. The number of carbonyl (C=O) groups excluding carboxylic acids is 2. The third kappa shape index (κ3) is 8.05. The van der Waals surface area contributed by atoms with Gasteiger partial charge in [0.2, 0.25) is 5.78 Å². The minimum atomic E-state index is -1.51. The van der Waals surface area contributed by atoms with Gasteiger partial charge < -0.3 is 15.2 Å². The summed E-state index contributed by atoms with van der Waals surface area (Å²) in [6, 6.07) is 1.36. The molecule has 9 nitrogen and oxygen atoms in total. The van der Waals surface area contributed by atoms with E-state index in [-0.39, 0.29) is 36.0 Å². The Morgan fingerprint density at radius 2 is 2.00 bits per heavy atom. The molecule has 31 heavy (non-hydrogen) atoms. The van der Waals surface area contributed by atoms with Crippen molar-refractivity contribution in [2.75, 3.05) is 11.9 Å². The number of nitrogens with one attached hydrogen (secondary N) is 1. The molecule has 0 bridgehead atoms. The first-order valence-corrected chi connectivity index (χ1v) is 10.3. The molecule has 172 valence electrons. The second-order valence-electron chi connectivity index (χ2n) is 7.54. The number of hydrogen-bond donors (Lipinski definition) is 2. The average molecular weight is 438 g/mol. The van der Waals surface area contributed by atoms with Crippen molar-refractivity contribution in [3.63, 3.8) is 0 Å². The molecule has 0 aliphatic heterocycles. The monoisotopic (exact) mass is 437 g/mol. The molecule has 0 aliphatic rings. The van der Waals surface area contributed by atoms with Crippen LogP contribution < -0.4 is 5.32 Å². The number of rotatable bonds is 8. The fourth-order valence-corrected chi connectivity index (χ4v) is 2.47. The van der Waals surface area contributed by atoms with Crippen LogP contribution in [0.5, 0.6) is 0 Å². The standard InChI is InChI=1S/C19H26FN5O4.C2H6/c1-5-12(10-26)8-15(20)23-17-13(9-21-11-22-17)16(27)14-6-7-25(24-14)18(28)29-19(2,3)4;1-2/h6-7,9,11-12,15,26H,5,8,10H2,1-4H3,(H,21,22,23);1-2H3. The summed E-state index contributed by atoms with van der Waals surface area (Å²) in [6.45, 7) is 10.9. The number of hydrogen-bond acceptors (Lipinski definition) is 8. The summed E-state index contributed by atoms with van der Waals surface area (Å²) in [5, 5.41) is 15.7. The SMILES string of the molecule is CC.CCC(CO)CC(F)Nc1ncncc1C(=O)c1ccn(C(=O)OC(C)(C)C)n1. The molecule has 0 saturated carbocycles. The lowest BCUT2D eigenvalue weighted by molar-refractivity contribution is 0.0514. The molecule has 10 heteroatoms. The van der Waals surface area contributed by atoms with Crippen molar-refractivity contribution in [3.8, 4) is 0 Å². The van der Waals surface area contributed by atoms with Crippen LogP contribution in [0, 0.1) is 5.92 Å². The Labute approximate surface area is 182 Å². The second-order valence-corrected chi connectivity index (χ2v) is 7.54. The van der Waals surface area contributed by atoms with Crippen LogP contribution in [0.25, 0.3) is 0 Å². The summed E-state index contributed by atoms with van der Waals surface area (Å²) in [7, 11) is 0. The number of ketones is 1. The summed E-state index contributed by atoms with van der Waals surface area (Å²) >= 11 is 0. The Morgan fingerprint density at radius 3 is 2.58 bits per heavy atom. The van der Waals surface area contributed by atoms with E-state index in [0.29, 0.717) is 6.42 Å². The molecule has 2 N–H and O–H groups in total. The van der Waals surface area contributed by atoms with Gasteiger partial charge in [-0.05, 0) is 32.8 Å². The quantitative estimate of drug-likeness (QED) is 0.472. The largest absolute Gasteiger partial charge is 0.442 e. The van der Waals surface area contributed by atoms with Crippen molar-refractivity contribution < 1.29 is 23.8 Å². The van der Waals surface area contributed by atoms with Crippen LogP contribution in [-0.2, 0) is 4.74 Å². The number of anilines is 1. The minimum absolute atomic E-state index is 0.0112. The predicted octanol–water partition coefficient (Wildman–Crippen LogP) is 3.83. The number of aliphatic hydroxyl groups excluding tert-OH is 1. The fourth-order valence-electron chi connectivity index (χ4n) is 2.47. The summed E-state index contributed by atoms with van der Waals surface area (Å²) < 4.78 is 20.5. The van der Waals surface area contributed by atoms with Crippen LogP contribution in [0.2, 0.25) is 0 Å². The smallest absolute Gasteiger partial charge is 0.435 e. The third-order valence-electron chi connectivity index (χ3n) is 4.03. The zero-order chi connectivity index (χ0) is 23.6. The van der Waals surface area contributed by atoms with Crippen LogP contribution in [0.3, 0.4) is 0 Å². The highest BCUT2D eigenvalue weighted by molar-refractivity contribution is 6.10. The topological polar surface area (TPSA) is 119 Å². The van der Waals surface area contributed by atoms with Gasteiger partial charge in [-0.25, -0.2) is 19.2 Å². The number of carbonyl (C=O) groups is 2. The predicted molar refractivity (Wildman–Crippen MR) is 115 cm³/mol. The Balaban J connectivity index is 0.00000233. The molecule has 2 aromatic heterocycles. The van der Waals surface area contributed by atoms with Crippen molar-refractivity contribution in [2.45, 2.75) is 66.3 Å². The Kier molecular flexibility index (Phi) is 10.2. The molecule has 0 spiro atoms. The maximum Gasteiger partial charge on any atom is 0.435 e. The molecule has 2 atom stereocenters. The van der Waals surface area contributed by atoms with Crippen LogP contribution >= 0.6 is 0 Å². The number of aromatic nitrogens is 4. The van der Waals surface area contributed by atoms with Gasteiger partial charge in [-0.3, -0.25) is 4.79 Å². The van der Waals surface area contributed by atoms with E-state index in [1.165, 1.54) is 24.8 Å². The molecular formula is C21H32FN5O4. The number of ether oxygens (including phenoxy) is 1. The molecule has 2 rings (SSSR count). The molecule has 2 unspecified atom stereocenters. The zero-order valence-corrected chi connectivity index (χ0v) is 18.9. The van der Waals surface area contributed by atoms with Gasteiger partial charge in [0.05, 0.1) is 5.56 Å². The van der Waals surface area contributed by atoms with E-state index < -0.39 is 23.8 Å². The summed E-state index contributed by atoms with van der Waals surface area (Å²) in [6.07, 6.45) is 2.21. The molecule has 0 fully saturated rings. The molecule has 0 amide bonds. The van der Waals surface area contributed by atoms with Crippen molar-refractivity contribution in [2.24, 2.45) is 5.92 Å². The van der Waals surface area contributed by atoms with Crippen LogP contribution in [0.15, 0.2) is 24.8 Å². The molecule has 2 heterocycles.